The Hall–Kier alpha value is -5.14. The van der Waals surface area contributed by atoms with Crippen LogP contribution in [-0.4, -0.2) is 28.4 Å². The minimum Gasteiger partial charge on any atom is -0.325 e. The van der Waals surface area contributed by atoms with Gasteiger partial charge in [-0.25, -0.2) is 0 Å². The van der Waals surface area contributed by atoms with Gasteiger partial charge in [-0.15, -0.1) is 11.8 Å². The minimum absolute atomic E-state index is 0.116. The van der Waals surface area contributed by atoms with Crippen LogP contribution in [0.25, 0.3) is 6.08 Å². The van der Waals surface area contributed by atoms with E-state index >= 15 is 0 Å². The van der Waals surface area contributed by atoms with Crippen LogP contribution in [-0.2, 0) is 15.8 Å². The van der Waals surface area contributed by atoms with E-state index in [1.165, 1.54) is 36.4 Å². The maximum atomic E-state index is 13.3. The molecular weight excluding hydrogens is 633 g/mol. The van der Waals surface area contributed by atoms with Gasteiger partial charge in [0.2, 0.25) is 5.91 Å². The van der Waals surface area contributed by atoms with Crippen molar-refractivity contribution < 1.29 is 32.5 Å². The molecule has 0 fully saturated rings. The van der Waals surface area contributed by atoms with Crippen LogP contribution >= 0.6 is 23.4 Å². The number of nitrogens with one attached hydrogen (secondary N) is 3. The van der Waals surface area contributed by atoms with Gasteiger partial charge in [-0.05, 0) is 78.4 Å². The van der Waals surface area contributed by atoms with Gasteiger partial charge in [0.15, 0.2) is 0 Å². The predicted octanol–water partition coefficient (Wildman–Crippen LogP) is 7.41. The van der Waals surface area contributed by atoms with Gasteiger partial charge in [0.1, 0.15) is 5.70 Å². The zero-order valence-electron chi connectivity index (χ0n) is 22.9. The van der Waals surface area contributed by atoms with E-state index in [-0.39, 0.29) is 22.2 Å². The number of hydrogen-bond acceptors (Lipinski definition) is 6. The Labute approximate surface area is 263 Å². The SMILES string of the molecule is O=C(CSc1ccc(NC(=O)/C(=C/c2ccc([N+](=O)[O-])cc2)NC(=O)c2ccccc2)cc1)Nc1ccc(Cl)cc1C(F)(F)F. The van der Waals surface area contributed by atoms with Crippen molar-refractivity contribution in [2.75, 3.05) is 16.4 Å². The van der Waals surface area contributed by atoms with Crippen molar-refractivity contribution >= 4 is 64.2 Å². The van der Waals surface area contributed by atoms with Gasteiger partial charge in [0.25, 0.3) is 17.5 Å². The number of carbonyl (C=O) groups excluding carboxylic acids is 3. The van der Waals surface area contributed by atoms with Gasteiger partial charge in [-0.3, -0.25) is 24.5 Å². The van der Waals surface area contributed by atoms with Gasteiger partial charge in [0, 0.05) is 33.3 Å². The van der Waals surface area contributed by atoms with Gasteiger partial charge < -0.3 is 16.0 Å². The molecule has 14 heteroatoms. The summed E-state index contributed by atoms with van der Waals surface area (Å²) in [6.07, 6.45) is -3.34. The molecule has 0 aliphatic heterocycles. The van der Waals surface area contributed by atoms with Crippen LogP contribution in [0.2, 0.25) is 5.02 Å². The van der Waals surface area contributed by atoms with Crippen molar-refractivity contribution in [2.45, 2.75) is 11.1 Å². The van der Waals surface area contributed by atoms with E-state index in [0.29, 0.717) is 21.7 Å². The molecule has 0 spiro atoms. The van der Waals surface area contributed by atoms with E-state index in [1.54, 1.807) is 54.6 Å². The Balaban J connectivity index is 1.42. The Morgan fingerprint density at radius 3 is 2.18 bits per heavy atom. The third-order valence-electron chi connectivity index (χ3n) is 5.99. The number of carbonyl (C=O) groups is 3. The zero-order valence-corrected chi connectivity index (χ0v) is 24.5. The summed E-state index contributed by atoms with van der Waals surface area (Å²) in [6, 6.07) is 22.9. The van der Waals surface area contributed by atoms with Gasteiger partial charge in [0.05, 0.1) is 21.9 Å². The van der Waals surface area contributed by atoms with Crippen LogP contribution in [0.4, 0.5) is 30.2 Å². The molecule has 0 unspecified atom stereocenters. The lowest BCUT2D eigenvalue weighted by Crippen LogP contribution is -2.30. The maximum Gasteiger partial charge on any atom is 0.418 e. The van der Waals surface area contributed by atoms with Crippen molar-refractivity contribution in [1.29, 1.82) is 0 Å². The number of amides is 3. The molecule has 0 saturated carbocycles. The average Bonchev–Trinajstić information content (AvgIpc) is 3.01. The summed E-state index contributed by atoms with van der Waals surface area (Å²) in [5, 5.41) is 18.3. The Morgan fingerprint density at radius 1 is 0.889 bits per heavy atom. The van der Waals surface area contributed by atoms with Crippen molar-refractivity contribution in [3.63, 3.8) is 0 Å². The first-order valence-electron chi connectivity index (χ1n) is 12.9. The van der Waals surface area contributed by atoms with Crippen molar-refractivity contribution in [3.05, 3.63) is 135 Å². The van der Waals surface area contributed by atoms with E-state index in [0.717, 1.165) is 23.9 Å². The summed E-state index contributed by atoms with van der Waals surface area (Å²) in [5.74, 6) is -2.09. The number of hydrogen-bond donors (Lipinski definition) is 3. The van der Waals surface area contributed by atoms with E-state index in [9.17, 15) is 37.7 Å². The summed E-state index contributed by atoms with van der Waals surface area (Å²) < 4.78 is 39.9. The number of thioether (sulfide) groups is 1. The van der Waals surface area contributed by atoms with Crippen LogP contribution in [0.3, 0.4) is 0 Å². The van der Waals surface area contributed by atoms with Crippen LogP contribution in [0.5, 0.6) is 0 Å². The molecule has 0 atom stereocenters. The third-order valence-corrected chi connectivity index (χ3v) is 7.23. The lowest BCUT2D eigenvalue weighted by Gasteiger charge is -2.14. The molecule has 0 heterocycles. The fourth-order valence-corrected chi connectivity index (χ4v) is 4.70. The quantitative estimate of drug-likeness (QED) is 0.0707. The van der Waals surface area contributed by atoms with Gasteiger partial charge in [-0.1, -0.05) is 29.8 Å². The van der Waals surface area contributed by atoms with Crippen LogP contribution < -0.4 is 16.0 Å². The van der Waals surface area contributed by atoms with Crippen LogP contribution in [0.1, 0.15) is 21.5 Å². The molecule has 0 aliphatic carbocycles. The number of nitro groups is 1. The molecule has 3 N–H and O–H groups in total. The topological polar surface area (TPSA) is 130 Å². The first-order chi connectivity index (χ1) is 21.4. The number of anilines is 2. The molecule has 4 aromatic rings. The second-order valence-corrected chi connectivity index (χ2v) is 10.7. The number of nitrogens with zero attached hydrogens (tertiary/aromatic N) is 1. The number of nitro benzene ring substituents is 1. The highest BCUT2D eigenvalue weighted by molar-refractivity contribution is 8.00. The summed E-state index contributed by atoms with van der Waals surface area (Å²) >= 11 is 6.74. The molecule has 4 rings (SSSR count). The molecule has 0 bridgehead atoms. The standard InChI is InChI=1S/C31H22ClF3N4O5S/c32-21-8-15-26(25(17-21)31(33,34)35)37-28(40)18-45-24-13-9-22(10-14-24)36-30(42)27(38-29(41)20-4-2-1-3-5-20)16-19-6-11-23(12-7-19)39(43)44/h1-17H,18H2,(H,36,42)(H,37,40)(H,38,41)/b27-16-. The lowest BCUT2D eigenvalue weighted by atomic mass is 10.1. The molecule has 3 amide bonds. The molecule has 45 heavy (non-hydrogen) atoms. The highest BCUT2D eigenvalue weighted by Crippen LogP contribution is 2.36. The lowest BCUT2D eigenvalue weighted by molar-refractivity contribution is -0.384. The number of halogens is 4. The number of alkyl halides is 3. The zero-order chi connectivity index (χ0) is 32.6. The maximum absolute atomic E-state index is 13.3. The van der Waals surface area contributed by atoms with Crippen molar-refractivity contribution in [3.8, 4) is 0 Å². The normalized spacial score (nSPS) is 11.4. The first-order valence-corrected chi connectivity index (χ1v) is 14.3. The summed E-state index contributed by atoms with van der Waals surface area (Å²) in [7, 11) is 0. The van der Waals surface area contributed by atoms with E-state index < -0.39 is 40.1 Å². The summed E-state index contributed by atoms with van der Waals surface area (Å²) in [5.41, 5.74) is -0.677. The van der Waals surface area contributed by atoms with Crippen molar-refractivity contribution in [2.24, 2.45) is 0 Å². The van der Waals surface area contributed by atoms with Gasteiger partial charge >= 0.3 is 6.18 Å². The predicted molar refractivity (Wildman–Crippen MR) is 166 cm³/mol. The monoisotopic (exact) mass is 654 g/mol. The largest absolute Gasteiger partial charge is 0.418 e. The second-order valence-electron chi connectivity index (χ2n) is 9.23. The molecule has 0 radical (unpaired) electrons. The molecule has 0 aliphatic rings. The average molecular weight is 655 g/mol. The third kappa shape index (κ3) is 9.42. The highest BCUT2D eigenvalue weighted by Gasteiger charge is 2.34. The van der Waals surface area contributed by atoms with Gasteiger partial charge in [-0.2, -0.15) is 13.2 Å². The minimum atomic E-state index is -4.71. The molecule has 0 aromatic heterocycles. The number of benzene rings is 4. The number of non-ortho nitro benzene ring substituents is 1. The highest BCUT2D eigenvalue weighted by atomic mass is 35.5. The fourth-order valence-electron chi connectivity index (χ4n) is 3.83. The summed E-state index contributed by atoms with van der Waals surface area (Å²) in [6.45, 7) is 0. The van der Waals surface area contributed by atoms with Crippen LogP contribution in [0.15, 0.2) is 108 Å². The fraction of sp³-hybridized carbons (Fsp3) is 0.0645. The molecule has 230 valence electrons. The van der Waals surface area contributed by atoms with Crippen LogP contribution in [0, 0.1) is 10.1 Å². The molecule has 9 nitrogen and oxygen atoms in total. The molecule has 4 aromatic carbocycles. The van der Waals surface area contributed by atoms with Crippen molar-refractivity contribution in [1.82, 2.24) is 5.32 Å². The Bertz CT molecular complexity index is 1750. The molecule has 0 saturated heterocycles. The first kappa shape index (κ1) is 32.8. The second kappa shape index (κ2) is 14.6. The summed E-state index contributed by atoms with van der Waals surface area (Å²) in [4.78, 5) is 49.4. The number of rotatable bonds is 10. The Morgan fingerprint density at radius 2 is 1.56 bits per heavy atom. The van der Waals surface area contributed by atoms with E-state index in [2.05, 4.69) is 16.0 Å². The smallest absolute Gasteiger partial charge is 0.325 e. The van der Waals surface area contributed by atoms with E-state index in [4.69, 9.17) is 11.6 Å². The molecular formula is C31H22ClF3N4O5S. The van der Waals surface area contributed by atoms with E-state index in [1.807, 2.05) is 0 Å². The Kier molecular flexibility index (Phi) is 10.6.